The van der Waals surface area contributed by atoms with Crippen LogP contribution in [0.15, 0.2) is 18.2 Å². The van der Waals surface area contributed by atoms with Crippen molar-refractivity contribution in [3.05, 3.63) is 23.8 Å². The third-order valence-electron chi connectivity index (χ3n) is 3.93. The lowest BCUT2D eigenvalue weighted by atomic mass is 9.89. The van der Waals surface area contributed by atoms with Crippen LogP contribution in [0, 0.1) is 0 Å². The van der Waals surface area contributed by atoms with Crippen LogP contribution in [0.5, 0.6) is 5.75 Å². The van der Waals surface area contributed by atoms with Crippen molar-refractivity contribution >= 4 is 5.69 Å². The van der Waals surface area contributed by atoms with Crippen LogP contribution in [-0.2, 0) is 0 Å². The Balaban J connectivity index is 1.80. The highest BCUT2D eigenvalue weighted by molar-refractivity contribution is 5.58. The Bertz CT molecular complexity index is 401. The van der Waals surface area contributed by atoms with Crippen molar-refractivity contribution in [2.24, 2.45) is 0 Å². The number of hydrogen-bond acceptors (Lipinski definition) is 3. The smallest absolute Gasteiger partial charge is 0.120 e. The van der Waals surface area contributed by atoms with E-state index in [1.54, 1.807) is 7.11 Å². The first-order valence-corrected chi connectivity index (χ1v) is 6.54. The molecule has 2 aliphatic rings. The highest BCUT2D eigenvalue weighted by Crippen LogP contribution is 2.34. The first-order valence-electron chi connectivity index (χ1n) is 6.54. The first-order chi connectivity index (χ1) is 8.36. The van der Waals surface area contributed by atoms with E-state index in [4.69, 9.17) is 4.74 Å². The van der Waals surface area contributed by atoms with Gasteiger partial charge in [-0.3, -0.25) is 0 Å². The molecule has 1 aliphatic heterocycles. The zero-order chi connectivity index (χ0) is 11.7. The third-order valence-corrected chi connectivity index (χ3v) is 3.93. The van der Waals surface area contributed by atoms with Crippen LogP contribution in [0.2, 0.25) is 0 Å². The molecule has 3 rings (SSSR count). The molecule has 3 heteroatoms. The molecule has 1 saturated carbocycles. The summed E-state index contributed by atoms with van der Waals surface area (Å²) in [6.45, 7) is 1.05. The molecule has 1 fully saturated rings. The Morgan fingerprint density at radius 3 is 2.88 bits per heavy atom. The average molecular weight is 232 g/mol. The molecule has 0 aromatic heterocycles. The maximum Gasteiger partial charge on any atom is 0.120 e. The minimum absolute atomic E-state index is 0.516. The van der Waals surface area contributed by atoms with Gasteiger partial charge in [-0.25, -0.2) is 0 Å². The van der Waals surface area contributed by atoms with E-state index in [-0.39, 0.29) is 0 Å². The Morgan fingerprint density at radius 1 is 1.29 bits per heavy atom. The molecule has 17 heavy (non-hydrogen) atoms. The lowest BCUT2D eigenvalue weighted by Crippen LogP contribution is -2.40. The van der Waals surface area contributed by atoms with Gasteiger partial charge in [-0.1, -0.05) is 12.5 Å². The van der Waals surface area contributed by atoms with Crippen molar-refractivity contribution in [1.29, 1.82) is 0 Å². The highest BCUT2D eigenvalue weighted by atomic mass is 16.5. The molecular weight excluding hydrogens is 212 g/mol. The lowest BCUT2D eigenvalue weighted by Gasteiger charge is -2.35. The van der Waals surface area contributed by atoms with Gasteiger partial charge in [0.05, 0.1) is 7.11 Å². The number of ether oxygens (including phenoxy) is 1. The van der Waals surface area contributed by atoms with Crippen LogP contribution in [0.3, 0.4) is 0 Å². The molecule has 0 spiro atoms. The van der Waals surface area contributed by atoms with Gasteiger partial charge in [-0.05, 0) is 30.9 Å². The predicted molar refractivity (Wildman–Crippen MR) is 69.6 cm³/mol. The molecule has 1 unspecified atom stereocenters. The van der Waals surface area contributed by atoms with Gasteiger partial charge in [0.25, 0.3) is 0 Å². The Kier molecular flexibility index (Phi) is 2.93. The van der Waals surface area contributed by atoms with Gasteiger partial charge in [0.15, 0.2) is 0 Å². The number of nitrogens with one attached hydrogen (secondary N) is 2. The zero-order valence-corrected chi connectivity index (χ0v) is 10.3. The summed E-state index contributed by atoms with van der Waals surface area (Å²) in [5.74, 6) is 0.931. The molecule has 1 aromatic carbocycles. The van der Waals surface area contributed by atoms with Gasteiger partial charge in [0, 0.05) is 30.4 Å². The van der Waals surface area contributed by atoms with E-state index in [1.807, 2.05) is 0 Å². The summed E-state index contributed by atoms with van der Waals surface area (Å²) in [4.78, 5) is 0. The minimum Gasteiger partial charge on any atom is -0.497 e. The van der Waals surface area contributed by atoms with Crippen molar-refractivity contribution in [1.82, 2.24) is 5.32 Å². The van der Waals surface area contributed by atoms with Crippen molar-refractivity contribution < 1.29 is 4.74 Å². The fraction of sp³-hybridized carbons (Fsp3) is 0.571. The van der Waals surface area contributed by atoms with E-state index in [9.17, 15) is 0 Å². The quantitative estimate of drug-likeness (QED) is 0.840. The number of methoxy groups -OCH3 is 1. The van der Waals surface area contributed by atoms with Crippen molar-refractivity contribution in [3.8, 4) is 5.75 Å². The Labute approximate surface area is 103 Å². The molecule has 1 heterocycles. The number of hydrogen-bond donors (Lipinski definition) is 2. The van der Waals surface area contributed by atoms with E-state index in [2.05, 4.69) is 28.8 Å². The van der Waals surface area contributed by atoms with Crippen LogP contribution in [-0.4, -0.2) is 19.7 Å². The van der Waals surface area contributed by atoms with Gasteiger partial charge in [-0.15, -0.1) is 0 Å². The van der Waals surface area contributed by atoms with Crippen LogP contribution in [0.25, 0.3) is 0 Å². The molecule has 0 bridgehead atoms. The molecular formula is C14H20N2O. The Morgan fingerprint density at radius 2 is 2.18 bits per heavy atom. The van der Waals surface area contributed by atoms with Crippen molar-refractivity contribution in [2.75, 3.05) is 19.0 Å². The van der Waals surface area contributed by atoms with Crippen LogP contribution in [0.4, 0.5) is 5.69 Å². The van der Waals surface area contributed by atoms with Gasteiger partial charge in [-0.2, -0.15) is 0 Å². The van der Waals surface area contributed by atoms with E-state index in [1.165, 1.54) is 36.9 Å². The maximum absolute atomic E-state index is 5.27. The summed E-state index contributed by atoms with van der Waals surface area (Å²) >= 11 is 0. The number of anilines is 1. The SMILES string of the molecule is COc1ccc2c(c1)NCCC2NC1CCC1. The lowest BCUT2D eigenvalue weighted by molar-refractivity contribution is 0.298. The number of fused-ring (bicyclic) bond motifs is 1. The number of benzene rings is 1. The fourth-order valence-electron chi connectivity index (χ4n) is 2.66. The molecule has 1 atom stereocenters. The summed E-state index contributed by atoms with van der Waals surface area (Å²) in [5, 5.41) is 7.22. The normalized spacial score (nSPS) is 23.5. The largest absolute Gasteiger partial charge is 0.497 e. The van der Waals surface area contributed by atoms with Crippen LogP contribution >= 0.6 is 0 Å². The molecule has 2 N–H and O–H groups in total. The first kappa shape index (κ1) is 10.9. The second kappa shape index (κ2) is 4.57. The van der Waals surface area contributed by atoms with Crippen molar-refractivity contribution in [2.45, 2.75) is 37.8 Å². The van der Waals surface area contributed by atoms with Crippen molar-refractivity contribution in [3.63, 3.8) is 0 Å². The number of rotatable bonds is 3. The third kappa shape index (κ3) is 2.12. The molecule has 0 saturated heterocycles. The molecule has 92 valence electrons. The fourth-order valence-corrected chi connectivity index (χ4v) is 2.66. The van der Waals surface area contributed by atoms with Crippen LogP contribution in [0.1, 0.15) is 37.3 Å². The van der Waals surface area contributed by atoms with E-state index in [0.29, 0.717) is 6.04 Å². The van der Waals surface area contributed by atoms with Gasteiger partial charge < -0.3 is 15.4 Å². The van der Waals surface area contributed by atoms with Gasteiger partial charge in [0.2, 0.25) is 0 Å². The second-order valence-corrected chi connectivity index (χ2v) is 5.02. The molecule has 1 aromatic rings. The second-order valence-electron chi connectivity index (χ2n) is 5.02. The summed E-state index contributed by atoms with van der Waals surface area (Å²) < 4.78 is 5.27. The molecule has 1 aliphatic carbocycles. The van der Waals surface area contributed by atoms with E-state index >= 15 is 0 Å². The topological polar surface area (TPSA) is 33.3 Å². The van der Waals surface area contributed by atoms with E-state index < -0.39 is 0 Å². The monoisotopic (exact) mass is 232 g/mol. The summed E-state index contributed by atoms with van der Waals surface area (Å²) in [6, 6.07) is 7.61. The average Bonchev–Trinajstić information content (AvgIpc) is 2.33. The zero-order valence-electron chi connectivity index (χ0n) is 10.3. The summed E-state index contributed by atoms with van der Waals surface area (Å²) in [6.07, 6.45) is 5.25. The predicted octanol–water partition coefficient (Wildman–Crippen LogP) is 2.69. The maximum atomic E-state index is 5.27. The van der Waals surface area contributed by atoms with Crippen LogP contribution < -0.4 is 15.4 Å². The molecule has 0 radical (unpaired) electrons. The highest BCUT2D eigenvalue weighted by Gasteiger charge is 2.25. The molecule has 0 amide bonds. The Hall–Kier alpha value is -1.22. The van der Waals surface area contributed by atoms with E-state index in [0.717, 1.165) is 18.3 Å². The van der Waals surface area contributed by atoms with Gasteiger partial charge >= 0.3 is 0 Å². The standard InChI is InChI=1S/C14H20N2O/c1-17-11-5-6-12-13(16-10-3-2-4-10)7-8-15-14(12)9-11/h5-6,9-10,13,15-16H,2-4,7-8H2,1H3. The molecule has 3 nitrogen and oxygen atoms in total. The van der Waals surface area contributed by atoms with Gasteiger partial charge in [0.1, 0.15) is 5.75 Å². The summed E-state index contributed by atoms with van der Waals surface area (Å²) in [7, 11) is 1.72. The summed E-state index contributed by atoms with van der Waals surface area (Å²) in [5.41, 5.74) is 2.62. The minimum atomic E-state index is 0.516.